The Bertz CT molecular complexity index is 1210. The summed E-state index contributed by atoms with van der Waals surface area (Å²) < 4.78 is 0. The molecule has 0 aliphatic heterocycles. The van der Waals surface area contributed by atoms with Gasteiger partial charge in [0.15, 0.2) is 5.56 Å². The Balaban J connectivity index is 1.82. The van der Waals surface area contributed by atoms with Gasteiger partial charge >= 0.3 is 0 Å². The Hall–Kier alpha value is -3.56. The molecule has 2 aromatic heterocycles. The van der Waals surface area contributed by atoms with Gasteiger partial charge in [-0.2, -0.15) is 5.26 Å². The molecule has 0 bridgehead atoms. The van der Waals surface area contributed by atoms with Gasteiger partial charge in [-0.05, 0) is 28.8 Å². The number of nitrogens with one attached hydrogen (secondary N) is 1. The lowest BCUT2D eigenvalue weighted by atomic mass is 9.99. The number of phenols is 1. The Morgan fingerprint density at radius 1 is 0.923 bits per heavy atom. The van der Waals surface area contributed by atoms with Crippen LogP contribution < -0.4 is 5.56 Å². The first-order valence-electron chi connectivity index (χ1n) is 7.75. The summed E-state index contributed by atoms with van der Waals surface area (Å²) in [5.41, 5.74) is 2.72. The van der Waals surface area contributed by atoms with E-state index >= 15 is 0 Å². The molecule has 0 aliphatic carbocycles. The predicted molar refractivity (Wildman–Crippen MR) is 101 cm³/mol. The van der Waals surface area contributed by atoms with Crippen LogP contribution in [-0.4, -0.2) is 15.2 Å². The van der Waals surface area contributed by atoms with E-state index < -0.39 is 5.56 Å². The van der Waals surface area contributed by atoms with Crippen molar-refractivity contribution in [1.29, 1.82) is 5.26 Å². The molecule has 2 aromatic carbocycles. The summed E-state index contributed by atoms with van der Waals surface area (Å²) in [6.07, 6.45) is 0. The van der Waals surface area contributed by atoms with Crippen molar-refractivity contribution in [3.63, 3.8) is 0 Å². The minimum Gasteiger partial charge on any atom is -0.508 e. The van der Waals surface area contributed by atoms with Gasteiger partial charge in [0, 0.05) is 10.9 Å². The number of nitriles is 1. The number of H-pyrrole nitrogens is 1. The molecule has 0 amide bonds. The first-order valence-corrected chi connectivity index (χ1v) is 8.63. The van der Waals surface area contributed by atoms with Gasteiger partial charge < -0.3 is 15.2 Å². The largest absolute Gasteiger partial charge is 0.508 e. The first-order chi connectivity index (χ1) is 12.6. The fourth-order valence-corrected chi connectivity index (χ4v) is 3.86. The molecule has 6 heteroatoms. The first kappa shape index (κ1) is 15.9. The van der Waals surface area contributed by atoms with E-state index in [4.69, 9.17) is 5.26 Å². The molecule has 126 valence electrons. The van der Waals surface area contributed by atoms with Gasteiger partial charge in [0.25, 0.3) is 5.56 Å². The molecule has 0 saturated carbocycles. The zero-order valence-electron chi connectivity index (χ0n) is 13.4. The molecule has 3 N–H and O–H groups in total. The van der Waals surface area contributed by atoms with Crippen molar-refractivity contribution in [2.24, 2.45) is 0 Å². The van der Waals surface area contributed by atoms with Crippen molar-refractivity contribution in [3.05, 3.63) is 69.8 Å². The van der Waals surface area contributed by atoms with Gasteiger partial charge in [-0.25, -0.2) is 0 Å². The maximum Gasteiger partial charge on any atom is 0.270 e. The second-order valence-corrected chi connectivity index (χ2v) is 6.65. The summed E-state index contributed by atoms with van der Waals surface area (Å²) in [5.74, 6) is -0.0713. The third-order valence-corrected chi connectivity index (χ3v) is 5.12. The van der Waals surface area contributed by atoms with E-state index in [1.807, 2.05) is 41.8 Å². The average Bonchev–Trinajstić information content (AvgIpc) is 3.07. The van der Waals surface area contributed by atoms with Crippen LogP contribution >= 0.6 is 11.3 Å². The Morgan fingerprint density at radius 2 is 1.50 bits per heavy atom. The predicted octanol–water partition coefficient (Wildman–Crippen LogP) is 4.21. The number of aromatic nitrogens is 1. The second-order valence-electron chi connectivity index (χ2n) is 5.77. The minimum atomic E-state index is -0.589. The number of rotatable bonds is 2. The maximum atomic E-state index is 11.8. The number of phenolic OH excluding ortho intramolecular Hbond substituents is 1. The minimum absolute atomic E-state index is 0.216. The molecule has 0 fully saturated rings. The zero-order valence-corrected chi connectivity index (χ0v) is 14.2. The second kappa shape index (κ2) is 6.06. The van der Waals surface area contributed by atoms with Gasteiger partial charge in [0.1, 0.15) is 22.4 Å². The van der Waals surface area contributed by atoms with Gasteiger partial charge in [0.05, 0.1) is 5.39 Å². The van der Waals surface area contributed by atoms with E-state index in [1.54, 1.807) is 18.2 Å². The Labute approximate surface area is 152 Å². The number of hydrogen-bond acceptors (Lipinski definition) is 5. The van der Waals surface area contributed by atoms with Crippen molar-refractivity contribution in [2.45, 2.75) is 0 Å². The van der Waals surface area contributed by atoms with E-state index in [0.29, 0.717) is 10.2 Å². The summed E-state index contributed by atoms with van der Waals surface area (Å²) in [4.78, 5) is 15.0. The van der Waals surface area contributed by atoms with E-state index in [0.717, 1.165) is 22.3 Å². The molecular weight excluding hydrogens is 348 g/mol. The number of hydrogen-bond donors (Lipinski definition) is 3. The third kappa shape index (κ3) is 2.51. The van der Waals surface area contributed by atoms with Crippen LogP contribution in [0.3, 0.4) is 0 Å². The Morgan fingerprint density at radius 3 is 2.12 bits per heavy atom. The van der Waals surface area contributed by atoms with E-state index in [1.165, 1.54) is 11.3 Å². The van der Waals surface area contributed by atoms with Gasteiger partial charge in [0.2, 0.25) is 0 Å². The molecule has 0 saturated heterocycles. The van der Waals surface area contributed by atoms with Crippen LogP contribution in [-0.2, 0) is 0 Å². The van der Waals surface area contributed by atoms with Crippen molar-refractivity contribution >= 4 is 21.6 Å². The quantitative estimate of drug-likeness (QED) is 0.499. The standard InChI is InChI=1S/C20H12N2O3S/c21-9-15-18(24)17-16(10-26-20(17)22-19(15)25)13-3-1-11(2-4-13)12-5-7-14(23)8-6-12/h1-8,10,23H,(H2,22,24,25). The molecule has 0 radical (unpaired) electrons. The number of aromatic hydroxyl groups is 2. The summed E-state index contributed by atoms with van der Waals surface area (Å²) in [7, 11) is 0. The smallest absolute Gasteiger partial charge is 0.270 e. The highest BCUT2D eigenvalue weighted by molar-refractivity contribution is 7.17. The number of fused-ring (bicyclic) bond motifs is 1. The van der Waals surface area contributed by atoms with Crippen LogP contribution in [0.15, 0.2) is 58.7 Å². The molecule has 5 nitrogen and oxygen atoms in total. The van der Waals surface area contributed by atoms with Crippen LogP contribution in [0.25, 0.3) is 32.5 Å². The molecule has 0 atom stereocenters. The Kier molecular flexibility index (Phi) is 3.72. The fraction of sp³-hybridized carbons (Fsp3) is 0. The molecule has 4 rings (SSSR count). The number of thiophene rings is 1. The molecule has 0 spiro atoms. The molecule has 26 heavy (non-hydrogen) atoms. The highest BCUT2D eigenvalue weighted by Gasteiger charge is 2.17. The van der Waals surface area contributed by atoms with Crippen molar-refractivity contribution in [3.8, 4) is 39.8 Å². The zero-order chi connectivity index (χ0) is 18.3. The summed E-state index contributed by atoms with van der Waals surface area (Å²) >= 11 is 1.31. The van der Waals surface area contributed by atoms with E-state index in [2.05, 4.69) is 4.98 Å². The molecule has 2 heterocycles. The average molecular weight is 360 g/mol. The van der Waals surface area contributed by atoms with Gasteiger partial charge in [-0.15, -0.1) is 11.3 Å². The van der Waals surface area contributed by atoms with Crippen molar-refractivity contribution in [1.82, 2.24) is 4.98 Å². The lowest BCUT2D eigenvalue weighted by Crippen LogP contribution is -2.09. The summed E-state index contributed by atoms with van der Waals surface area (Å²) in [6.45, 7) is 0. The van der Waals surface area contributed by atoms with E-state index in [9.17, 15) is 15.0 Å². The van der Waals surface area contributed by atoms with Crippen LogP contribution in [0.2, 0.25) is 0 Å². The lowest BCUT2D eigenvalue weighted by molar-refractivity contribution is 0.475. The molecular formula is C20H12N2O3S. The summed E-state index contributed by atoms with van der Waals surface area (Å²) in [5, 5.41) is 31.2. The lowest BCUT2D eigenvalue weighted by Gasteiger charge is -2.06. The molecule has 0 unspecified atom stereocenters. The van der Waals surface area contributed by atoms with Gasteiger partial charge in [-0.1, -0.05) is 36.4 Å². The SMILES string of the molecule is N#Cc1c(O)c2c(-c3ccc(-c4ccc(O)cc4)cc3)csc2[nH]c1=O. The topological polar surface area (TPSA) is 97.1 Å². The van der Waals surface area contributed by atoms with Crippen LogP contribution in [0, 0.1) is 11.3 Å². The normalized spacial score (nSPS) is 10.7. The van der Waals surface area contributed by atoms with Crippen molar-refractivity contribution in [2.75, 3.05) is 0 Å². The van der Waals surface area contributed by atoms with Gasteiger partial charge in [-0.3, -0.25) is 4.79 Å². The third-order valence-electron chi connectivity index (χ3n) is 4.23. The number of pyridine rings is 1. The fourth-order valence-electron chi connectivity index (χ4n) is 2.90. The van der Waals surface area contributed by atoms with Crippen LogP contribution in [0.5, 0.6) is 11.5 Å². The monoisotopic (exact) mass is 360 g/mol. The maximum absolute atomic E-state index is 11.8. The van der Waals surface area contributed by atoms with E-state index in [-0.39, 0.29) is 17.1 Å². The molecule has 4 aromatic rings. The summed E-state index contributed by atoms with van der Waals surface area (Å²) in [6, 6.07) is 16.4. The highest BCUT2D eigenvalue weighted by atomic mass is 32.1. The van der Waals surface area contributed by atoms with Crippen LogP contribution in [0.1, 0.15) is 5.56 Å². The van der Waals surface area contributed by atoms with Crippen LogP contribution in [0.4, 0.5) is 0 Å². The molecule has 0 aliphatic rings. The number of nitrogens with zero attached hydrogens (tertiary/aromatic N) is 1. The number of aromatic amines is 1. The van der Waals surface area contributed by atoms with Crippen molar-refractivity contribution < 1.29 is 10.2 Å². The highest BCUT2D eigenvalue weighted by Crippen LogP contribution is 2.39. The number of benzene rings is 2.